The molecule has 0 fully saturated rings. The lowest BCUT2D eigenvalue weighted by atomic mass is 10.2. The van der Waals surface area contributed by atoms with E-state index in [1.807, 2.05) is 0 Å². The van der Waals surface area contributed by atoms with Gasteiger partial charge in [-0.1, -0.05) is 11.6 Å². The fraction of sp³-hybridized carbons (Fsp3) is 0.0588. The number of aromatic amines is 1. The molecule has 4 rings (SSSR count). The number of H-pyrrole nitrogens is 1. The van der Waals surface area contributed by atoms with Crippen molar-refractivity contribution in [3.05, 3.63) is 58.4 Å². The molecule has 3 aromatic heterocycles. The minimum Gasteiger partial charge on any atom is -0.257 e. The molecule has 0 spiro atoms. The van der Waals surface area contributed by atoms with Gasteiger partial charge in [-0.05, 0) is 24.3 Å². The second kappa shape index (κ2) is 8.11. The highest BCUT2D eigenvalue weighted by Crippen LogP contribution is 2.33. The van der Waals surface area contributed by atoms with Crippen LogP contribution >= 0.6 is 22.9 Å². The monoisotopic (exact) mass is 504 g/mol. The summed E-state index contributed by atoms with van der Waals surface area (Å²) in [5, 5.41) is 7.65. The average molecular weight is 505 g/mol. The summed E-state index contributed by atoms with van der Waals surface area (Å²) in [5.74, 6) is -1.17. The first-order valence-corrected chi connectivity index (χ1v) is 11.2. The van der Waals surface area contributed by atoms with Crippen LogP contribution in [0, 0.1) is 5.82 Å². The third kappa shape index (κ3) is 4.42. The predicted octanol–water partition coefficient (Wildman–Crippen LogP) is 4.60. The second-order valence-electron chi connectivity index (χ2n) is 6.15. The van der Waals surface area contributed by atoms with Crippen LogP contribution in [0.15, 0.2) is 46.9 Å². The zero-order valence-corrected chi connectivity index (χ0v) is 17.7. The predicted molar refractivity (Wildman–Crippen MR) is 108 cm³/mol. The van der Waals surface area contributed by atoms with Crippen molar-refractivity contribution in [2.45, 2.75) is 11.1 Å². The van der Waals surface area contributed by atoms with Crippen LogP contribution in [-0.4, -0.2) is 33.6 Å². The van der Waals surface area contributed by atoms with E-state index in [0.29, 0.717) is 12.3 Å². The summed E-state index contributed by atoms with van der Waals surface area (Å²) >= 11 is 6.92. The van der Waals surface area contributed by atoms with E-state index in [0.717, 1.165) is 23.5 Å². The Hall–Kier alpha value is -3.10. The topological polar surface area (TPSA) is 114 Å². The van der Waals surface area contributed by atoms with E-state index in [9.17, 15) is 26.0 Å². The van der Waals surface area contributed by atoms with Gasteiger partial charge in [0.1, 0.15) is 16.4 Å². The number of benzene rings is 1. The van der Waals surface area contributed by atoms with E-state index in [1.165, 1.54) is 12.3 Å². The van der Waals surface area contributed by atoms with Gasteiger partial charge in [-0.15, -0.1) is 11.3 Å². The number of halogens is 5. The SMILES string of the molecule is O=S(=O)(Nc1nccs1)c1ccc(-c2n[nH]c(-c3ncc(C(F)(F)F)cc3Cl)n2)cc1F. The Labute approximate surface area is 186 Å². The molecule has 0 aliphatic rings. The minimum atomic E-state index is -4.62. The lowest BCUT2D eigenvalue weighted by Crippen LogP contribution is -2.14. The zero-order valence-electron chi connectivity index (χ0n) is 15.4. The molecular formula is C17H9ClF4N6O2S2. The summed E-state index contributed by atoms with van der Waals surface area (Å²) in [4.78, 5) is 10.9. The molecule has 0 aliphatic carbocycles. The van der Waals surface area contributed by atoms with Crippen molar-refractivity contribution in [2.24, 2.45) is 0 Å². The molecule has 8 nitrogen and oxygen atoms in total. The van der Waals surface area contributed by atoms with Crippen molar-refractivity contribution in [1.82, 2.24) is 25.1 Å². The van der Waals surface area contributed by atoms with Crippen LogP contribution in [0.2, 0.25) is 5.02 Å². The van der Waals surface area contributed by atoms with Crippen molar-refractivity contribution in [2.75, 3.05) is 4.72 Å². The maximum absolute atomic E-state index is 14.6. The highest BCUT2D eigenvalue weighted by molar-refractivity contribution is 7.93. The third-order valence-corrected chi connectivity index (χ3v) is 6.49. The Kier molecular flexibility index (Phi) is 5.60. The Morgan fingerprint density at radius 2 is 1.94 bits per heavy atom. The first kappa shape index (κ1) is 22.1. The van der Waals surface area contributed by atoms with Gasteiger partial charge in [-0.3, -0.25) is 14.8 Å². The van der Waals surface area contributed by atoms with Gasteiger partial charge >= 0.3 is 6.18 Å². The first-order chi connectivity index (χ1) is 15.0. The molecule has 2 N–H and O–H groups in total. The van der Waals surface area contributed by atoms with Gasteiger partial charge in [0.2, 0.25) is 0 Å². The summed E-state index contributed by atoms with van der Waals surface area (Å²) in [5.41, 5.74) is -1.01. The number of nitrogens with one attached hydrogen (secondary N) is 2. The van der Waals surface area contributed by atoms with Gasteiger partial charge in [0.05, 0.1) is 10.6 Å². The Balaban J connectivity index is 1.62. The second-order valence-corrected chi connectivity index (χ2v) is 9.10. The highest BCUT2D eigenvalue weighted by atomic mass is 35.5. The van der Waals surface area contributed by atoms with E-state index in [-0.39, 0.29) is 33.1 Å². The van der Waals surface area contributed by atoms with Gasteiger partial charge in [-0.25, -0.2) is 22.8 Å². The normalized spacial score (nSPS) is 12.2. The number of nitrogens with zero attached hydrogens (tertiary/aromatic N) is 4. The molecule has 15 heteroatoms. The average Bonchev–Trinajstić information content (AvgIpc) is 3.38. The first-order valence-electron chi connectivity index (χ1n) is 8.42. The Morgan fingerprint density at radius 3 is 2.56 bits per heavy atom. The fourth-order valence-electron chi connectivity index (χ4n) is 2.57. The van der Waals surface area contributed by atoms with E-state index >= 15 is 0 Å². The molecule has 32 heavy (non-hydrogen) atoms. The minimum absolute atomic E-state index is 0.0477. The van der Waals surface area contributed by atoms with E-state index in [4.69, 9.17) is 11.6 Å². The molecule has 0 bridgehead atoms. The van der Waals surface area contributed by atoms with Gasteiger partial charge in [0.15, 0.2) is 16.8 Å². The Bertz CT molecular complexity index is 1390. The van der Waals surface area contributed by atoms with Crippen LogP contribution in [0.5, 0.6) is 0 Å². The Morgan fingerprint density at radius 1 is 1.16 bits per heavy atom. The van der Waals surface area contributed by atoms with Crippen LogP contribution in [-0.2, 0) is 16.2 Å². The zero-order chi connectivity index (χ0) is 23.1. The van der Waals surface area contributed by atoms with Crippen LogP contribution in [0.4, 0.5) is 22.7 Å². The number of hydrogen-bond donors (Lipinski definition) is 2. The summed E-state index contributed by atoms with van der Waals surface area (Å²) in [6.45, 7) is 0. The maximum Gasteiger partial charge on any atom is 0.417 e. The lowest BCUT2D eigenvalue weighted by molar-refractivity contribution is -0.137. The standard InChI is InChI=1S/C17H9ClF4N6O2S2/c18-10-6-9(17(20,21)22)7-24-13(10)15-25-14(26-27-15)8-1-2-12(11(19)5-8)32(29,30)28-16-23-3-4-31-16/h1-7H,(H,23,28)(H,25,26,27). The van der Waals surface area contributed by atoms with Crippen LogP contribution in [0.3, 0.4) is 0 Å². The number of hydrogen-bond acceptors (Lipinski definition) is 7. The van der Waals surface area contributed by atoms with Gasteiger partial charge in [0, 0.05) is 23.3 Å². The summed E-state index contributed by atoms with van der Waals surface area (Å²) < 4.78 is 79.8. The molecule has 0 radical (unpaired) electrons. The molecular weight excluding hydrogens is 496 g/mol. The van der Waals surface area contributed by atoms with Crippen molar-refractivity contribution in [1.29, 1.82) is 0 Å². The van der Waals surface area contributed by atoms with Crippen molar-refractivity contribution in [3.63, 3.8) is 0 Å². The van der Waals surface area contributed by atoms with Crippen LogP contribution in [0.1, 0.15) is 5.56 Å². The largest absolute Gasteiger partial charge is 0.417 e. The number of aromatic nitrogens is 5. The quantitative estimate of drug-likeness (QED) is 0.384. The molecule has 0 amide bonds. The molecule has 3 heterocycles. The van der Waals surface area contributed by atoms with Crippen LogP contribution in [0.25, 0.3) is 22.9 Å². The molecule has 0 saturated carbocycles. The number of alkyl halides is 3. The van der Waals surface area contributed by atoms with Crippen molar-refractivity contribution >= 4 is 38.1 Å². The summed E-state index contributed by atoms with van der Waals surface area (Å²) in [6, 6.07) is 3.90. The molecule has 166 valence electrons. The smallest absolute Gasteiger partial charge is 0.257 e. The molecule has 4 aromatic rings. The van der Waals surface area contributed by atoms with Crippen molar-refractivity contribution < 1.29 is 26.0 Å². The molecule has 0 atom stereocenters. The van der Waals surface area contributed by atoms with E-state index in [2.05, 4.69) is 29.9 Å². The number of anilines is 1. The molecule has 0 aliphatic heterocycles. The van der Waals surface area contributed by atoms with Crippen LogP contribution < -0.4 is 4.72 Å². The molecule has 1 aromatic carbocycles. The maximum atomic E-state index is 14.6. The molecule has 0 unspecified atom stereocenters. The van der Waals surface area contributed by atoms with Gasteiger partial charge in [-0.2, -0.15) is 18.3 Å². The number of rotatable bonds is 5. The van der Waals surface area contributed by atoms with E-state index < -0.39 is 32.5 Å². The number of pyridine rings is 1. The number of sulfonamides is 1. The van der Waals surface area contributed by atoms with Gasteiger partial charge < -0.3 is 0 Å². The highest BCUT2D eigenvalue weighted by Gasteiger charge is 2.32. The third-order valence-electron chi connectivity index (χ3n) is 4.01. The summed E-state index contributed by atoms with van der Waals surface area (Å²) in [7, 11) is -4.22. The lowest BCUT2D eigenvalue weighted by Gasteiger charge is -2.07. The number of thiazole rings is 1. The van der Waals surface area contributed by atoms with E-state index in [1.54, 1.807) is 5.38 Å². The van der Waals surface area contributed by atoms with Gasteiger partial charge in [0.25, 0.3) is 10.0 Å². The summed E-state index contributed by atoms with van der Waals surface area (Å²) in [6.07, 6.45) is -2.63. The fourth-order valence-corrected chi connectivity index (χ4v) is 4.67. The molecule has 0 saturated heterocycles. The van der Waals surface area contributed by atoms with Crippen molar-refractivity contribution in [3.8, 4) is 22.9 Å².